The van der Waals surface area contributed by atoms with Crippen molar-refractivity contribution in [1.82, 2.24) is 10.2 Å². The number of nitrogens with one attached hydrogen (secondary N) is 1. The fraction of sp³-hybridized carbons (Fsp3) is 0.278. The first-order valence-electron chi connectivity index (χ1n) is 8.01. The SMILES string of the molecule is C=CCN1C(=O)NC(=O)/C(=C\c2cc(Br)c(OCC)c(OCC)c2)C1=O. The van der Waals surface area contributed by atoms with E-state index >= 15 is 0 Å². The van der Waals surface area contributed by atoms with Crippen molar-refractivity contribution in [2.75, 3.05) is 19.8 Å². The molecule has 8 heteroatoms. The van der Waals surface area contributed by atoms with Crippen molar-refractivity contribution in [2.24, 2.45) is 0 Å². The summed E-state index contributed by atoms with van der Waals surface area (Å²) in [6, 6.07) is 2.61. The maximum absolute atomic E-state index is 12.5. The highest BCUT2D eigenvalue weighted by Crippen LogP contribution is 2.37. The first-order valence-corrected chi connectivity index (χ1v) is 8.81. The summed E-state index contributed by atoms with van der Waals surface area (Å²) in [5.41, 5.74) is 0.403. The van der Waals surface area contributed by atoms with Crippen LogP contribution >= 0.6 is 15.9 Å². The van der Waals surface area contributed by atoms with Gasteiger partial charge in [-0.1, -0.05) is 6.08 Å². The van der Waals surface area contributed by atoms with Gasteiger partial charge in [-0.15, -0.1) is 6.58 Å². The molecular formula is C18H19BrN2O5. The largest absolute Gasteiger partial charge is 0.490 e. The first-order chi connectivity index (χ1) is 12.4. The Kier molecular flexibility index (Phi) is 6.57. The van der Waals surface area contributed by atoms with E-state index in [1.54, 1.807) is 12.1 Å². The predicted molar refractivity (Wildman–Crippen MR) is 99.9 cm³/mol. The minimum atomic E-state index is -0.764. The van der Waals surface area contributed by atoms with Crippen molar-refractivity contribution >= 4 is 39.9 Å². The molecule has 1 saturated heterocycles. The summed E-state index contributed by atoms with van der Waals surface area (Å²) in [6.07, 6.45) is 2.81. The highest BCUT2D eigenvalue weighted by molar-refractivity contribution is 9.10. The molecule has 1 N–H and O–H groups in total. The molecule has 0 radical (unpaired) electrons. The summed E-state index contributed by atoms with van der Waals surface area (Å²) in [5, 5.41) is 2.14. The molecule has 0 spiro atoms. The minimum Gasteiger partial charge on any atom is -0.490 e. The molecule has 0 atom stereocenters. The van der Waals surface area contributed by atoms with Gasteiger partial charge in [0.2, 0.25) is 0 Å². The fourth-order valence-corrected chi connectivity index (χ4v) is 2.95. The van der Waals surface area contributed by atoms with Gasteiger partial charge in [-0.2, -0.15) is 0 Å². The maximum atomic E-state index is 12.5. The van der Waals surface area contributed by atoms with Crippen molar-refractivity contribution in [3.8, 4) is 11.5 Å². The van der Waals surface area contributed by atoms with E-state index in [-0.39, 0.29) is 12.1 Å². The third kappa shape index (κ3) is 4.13. The lowest BCUT2D eigenvalue weighted by atomic mass is 10.1. The molecule has 2 rings (SSSR count). The molecule has 0 unspecified atom stereocenters. The Morgan fingerprint density at radius 1 is 1.19 bits per heavy atom. The van der Waals surface area contributed by atoms with E-state index in [2.05, 4.69) is 27.8 Å². The summed E-state index contributed by atoms with van der Waals surface area (Å²) in [4.78, 5) is 37.2. The average molecular weight is 423 g/mol. The van der Waals surface area contributed by atoms with E-state index in [9.17, 15) is 14.4 Å². The standard InChI is InChI=1S/C18H19BrN2O5/c1-4-7-21-17(23)12(16(22)20-18(21)24)8-11-9-13(19)15(26-6-3)14(10-11)25-5-2/h4,8-10H,1,5-7H2,2-3H3,(H,20,22,24)/b12-8+. The Hall–Kier alpha value is -2.61. The van der Waals surface area contributed by atoms with E-state index in [1.165, 1.54) is 12.2 Å². The number of hydrogen-bond acceptors (Lipinski definition) is 5. The van der Waals surface area contributed by atoms with E-state index < -0.39 is 17.8 Å². The van der Waals surface area contributed by atoms with Gasteiger partial charge in [0.15, 0.2) is 11.5 Å². The van der Waals surface area contributed by atoms with Gasteiger partial charge in [-0.3, -0.25) is 19.8 Å². The van der Waals surface area contributed by atoms with Crippen LogP contribution in [0.5, 0.6) is 11.5 Å². The van der Waals surface area contributed by atoms with Crippen LogP contribution in [-0.4, -0.2) is 42.5 Å². The number of ether oxygens (including phenoxy) is 2. The molecule has 1 fully saturated rings. The van der Waals surface area contributed by atoms with Crippen molar-refractivity contribution in [3.63, 3.8) is 0 Å². The summed E-state index contributed by atoms with van der Waals surface area (Å²) in [6.45, 7) is 8.09. The summed E-state index contributed by atoms with van der Waals surface area (Å²) in [5.74, 6) is -0.400. The number of nitrogens with zero attached hydrogens (tertiary/aromatic N) is 1. The molecule has 1 aromatic rings. The third-order valence-corrected chi connectivity index (χ3v) is 4.02. The molecule has 0 saturated carbocycles. The molecule has 1 aliphatic heterocycles. The van der Waals surface area contributed by atoms with Gasteiger partial charge in [-0.25, -0.2) is 4.79 Å². The van der Waals surface area contributed by atoms with Gasteiger partial charge in [-0.05, 0) is 53.5 Å². The van der Waals surface area contributed by atoms with Crippen LogP contribution in [0.25, 0.3) is 6.08 Å². The Balaban J connectivity index is 2.46. The van der Waals surface area contributed by atoms with Crippen molar-refractivity contribution in [1.29, 1.82) is 0 Å². The second-order valence-corrected chi connectivity index (χ2v) is 6.07. The van der Waals surface area contributed by atoms with E-state index in [0.29, 0.717) is 34.7 Å². The zero-order chi connectivity index (χ0) is 19.3. The lowest BCUT2D eigenvalue weighted by Gasteiger charge is -2.25. The minimum absolute atomic E-state index is 0.00640. The van der Waals surface area contributed by atoms with Gasteiger partial charge in [0.05, 0.1) is 17.7 Å². The van der Waals surface area contributed by atoms with E-state index in [4.69, 9.17) is 9.47 Å². The Bertz CT molecular complexity index is 788. The topological polar surface area (TPSA) is 84.9 Å². The zero-order valence-corrected chi connectivity index (χ0v) is 16.1. The van der Waals surface area contributed by atoms with E-state index in [0.717, 1.165) is 4.90 Å². The molecule has 138 valence electrons. The second-order valence-electron chi connectivity index (χ2n) is 5.22. The number of rotatable bonds is 7. The normalized spacial score (nSPS) is 15.9. The maximum Gasteiger partial charge on any atom is 0.331 e. The average Bonchev–Trinajstić information content (AvgIpc) is 2.58. The predicted octanol–water partition coefficient (Wildman–Crippen LogP) is 2.89. The third-order valence-electron chi connectivity index (χ3n) is 3.43. The van der Waals surface area contributed by atoms with E-state index in [1.807, 2.05) is 13.8 Å². The van der Waals surface area contributed by atoms with Gasteiger partial charge in [0, 0.05) is 6.54 Å². The number of carbonyl (C=O) groups excluding carboxylic acids is 3. The number of barbiturate groups is 1. The lowest BCUT2D eigenvalue weighted by Crippen LogP contribution is -2.54. The summed E-state index contributed by atoms with van der Waals surface area (Å²) < 4.78 is 11.8. The molecule has 0 aromatic heterocycles. The molecule has 1 aromatic carbocycles. The van der Waals surface area contributed by atoms with Crippen molar-refractivity contribution in [3.05, 3.63) is 40.4 Å². The summed E-state index contributed by atoms with van der Waals surface area (Å²) in [7, 11) is 0. The quantitative estimate of drug-likeness (QED) is 0.414. The number of amides is 4. The smallest absolute Gasteiger partial charge is 0.331 e. The lowest BCUT2D eigenvalue weighted by molar-refractivity contribution is -0.129. The molecule has 26 heavy (non-hydrogen) atoms. The number of carbonyl (C=O) groups is 3. The van der Waals surface area contributed by atoms with Crippen molar-refractivity contribution < 1.29 is 23.9 Å². The van der Waals surface area contributed by atoms with Crippen LogP contribution in [0, 0.1) is 0 Å². The van der Waals surface area contributed by atoms with Crippen LogP contribution in [-0.2, 0) is 9.59 Å². The van der Waals surface area contributed by atoms with Gasteiger partial charge in [0.1, 0.15) is 5.57 Å². The van der Waals surface area contributed by atoms with Gasteiger partial charge < -0.3 is 9.47 Å². The van der Waals surface area contributed by atoms with Crippen LogP contribution < -0.4 is 14.8 Å². The van der Waals surface area contributed by atoms with Crippen LogP contribution in [0.4, 0.5) is 4.79 Å². The molecule has 1 heterocycles. The molecular weight excluding hydrogens is 404 g/mol. The Morgan fingerprint density at radius 2 is 1.88 bits per heavy atom. The summed E-state index contributed by atoms with van der Waals surface area (Å²) >= 11 is 3.41. The Morgan fingerprint density at radius 3 is 2.50 bits per heavy atom. The van der Waals surface area contributed by atoms with Crippen LogP contribution in [0.2, 0.25) is 0 Å². The molecule has 0 aliphatic carbocycles. The second kappa shape index (κ2) is 8.66. The van der Waals surface area contributed by atoms with Crippen molar-refractivity contribution in [2.45, 2.75) is 13.8 Å². The number of hydrogen-bond donors (Lipinski definition) is 1. The molecule has 1 aliphatic rings. The van der Waals surface area contributed by atoms with Gasteiger partial charge >= 0.3 is 6.03 Å². The zero-order valence-electron chi connectivity index (χ0n) is 14.5. The number of imide groups is 2. The van der Waals surface area contributed by atoms with Crippen LogP contribution in [0.3, 0.4) is 0 Å². The van der Waals surface area contributed by atoms with Crippen LogP contribution in [0.1, 0.15) is 19.4 Å². The monoisotopic (exact) mass is 422 g/mol. The van der Waals surface area contributed by atoms with Gasteiger partial charge in [0.25, 0.3) is 11.8 Å². The highest BCUT2D eigenvalue weighted by Gasteiger charge is 2.35. The Labute approximate surface area is 159 Å². The number of benzene rings is 1. The number of urea groups is 1. The molecule has 7 nitrogen and oxygen atoms in total. The van der Waals surface area contributed by atoms with Crippen LogP contribution in [0.15, 0.2) is 34.8 Å². The number of halogens is 1. The molecule has 0 bridgehead atoms. The first kappa shape index (κ1) is 19.7. The molecule has 4 amide bonds. The highest BCUT2D eigenvalue weighted by atomic mass is 79.9. The fourth-order valence-electron chi connectivity index (χ4n) is 2.37.